The number of carbonyl (C=O) groups excluding carboxylic acids is 1. The second-order valence-electron chi connectivity index (χ2n) is 8.57. The molecule has 0 atom stereocenters. The third kappa shape index (κ3) is 3.69. The molecule has 1 amide bonds. The first-order valence-corrected chi connectivity index (χ1v) is 11.1. The van der Waals surface area contributed by atoms with E-state index in [4.69, 9.17) is 0 Å². The molecule has 33 heavy (non-hydrogen) atoms. The number of H-pyrrole nitrogens is 1. The number of halogens is 1. The first-order valence-electron chi connectivity index (χ1n) is 11.1. The van der Waals surface area contributed by atoms with Gasteiger partial charge in [-0.3, -0.25) is 4.79 Å². The van der Waals surface area contributed by atoms with Crippen LogP contribution in [0.3, 0.4) is 0 Å². The number of carbonyl (C=O) groups is 1. The van der Waals surface area contributed by atoms with Crippen LogP contribution >= 0.6 is 0 Å². The van der Waals surface area contributed by atoms with Gasteiger partial charge in [0.2, 0.25) is 0 Å². The van der Waals surface area contributed by atoms with E-state index in [9.17, 15) is 9.18 Å². The van der Waals surface area contributed by atoms with Crippen molar-refractivity contribution in [3.8, 4) is 11.3 Å². The zero-order valence-corrected chi connectivity index (χ0v) is 19.0. The van der Waals surface area contributed by atoms with Crippen LogP contribution in [0.25, 0.3) is 33.1 Å². The van der Waals surface area contributed by atoms with Crippen LogP contribution in [0.2, 0.25) is 0 Å². The molecular weight excluding hydrogens is 413 g/mol. The van der Waals surface area contributed by atoms with Gasteiger partial charge in [-0.25, -0.2) is 4.39 Å². The molecule has 166 valence electrons. The van der Waals surface area contributed by atoms with Gasteiger partial charge in [0.25, 0.3) is 5.91 Å². The lowest BCUT2D eigenvalue weighted by molar-refractivity contribution is 0.0954. The number of aromatic amines is 1. The van der Waals surface area contributed by atoms with E-state index < -0.39 is 0 Å². The minimum absolute atomic E-state index is 0.112. The number of aryl methyl sites for hydroxylation is 3. The maximum atomic E-state index is 14.2. The molecular formula is C28H26FN3O. The molecule has 5 rings (SSSR count). The summed E-state index contributed by atoms with van der Waals surface area (Å²) in [4.78, 5) is 15.9. The van der Waals surface area contributed by atoms with Crippen LogP contribution in [-0.2, 0) is 13.5 Å². The maximum absolute atomic E-state index is 14.2. The molecule has 0 saturated carbocycles. The van der Waals surface area contributed by atoms with E-state index in [1.165, 1.54) is 17.0 Å². The van der Waals surface area contributed by atoms with E-state index in [1.807, 2.05) is 50.2 Å². The van der Waals surface area contributed by atoms with Gasteiger partial charge in [-0.15, -0.1) is 0 Å². The van der Waals surface area contributed by atoms with Crippen LogP contribution in [0.1, 0.15) is 27.2 Å². The Bertz CT molecular complexity index is 1490. The number of rotatable bonds is 5. The number of fused-ring (bicyclic) bond motifs is 2. The number of hydrogen-bond acceptors (Lipinski definition) is 1. The zero-order chi connectivity index (χ0) is 23.1. The summed E-state index contributed by atoms with van der Waals surface area (Å²) in [6.45, 7) is 4.41. The molecule has 3 aromatic carbocycles. The summed E-state index contributed by atoms with van der Waals surface area (Å²) in [5.74, 6) is -0.362. The van der Waals surface area contributed by atoms with Gasteiger partial charge in [-0.1, -0.05) is 36.4 Å². The highest BCUT2D eigenvalue weighted by Gasteiger charge is 2.15. The van der Waals surface area contributed by atoms with Crippen molar-refractivity contribution in [2.75, 3.05) is 6.54 Å². The van der Waals surface area contributed by atoms with Crippen LogP contribution < -0.4 is 5.32 Å². The third-order valence-corrected chi connectivity index (χ3v) is 6.48. The van der Waals surface area contributed by atoms with E-state index in [2.05, 4.69) is 40.1 Å². The lowest BCUT2D eigenvalue weighted by Gasteiger charge is -2.08. The van der Waals surface area contributed by atoms with Crippen molar-refractivity contribution in [3.63, 3.8) is 0 Å². The Hall–Kier alpha value is -3.86. The first-order chi connectivity index (χ1) is 15.9. The van der Waals surface area contributed by atoms with Gasteiger partial charge < -0.3 is 14.9 Å². The molecule has 5 heteroatoms. The van der Waals surface area contributed by atoms with Gasteiger partial charge >= 0.3 is 0 Å². The van der Waals surface area contributed by atoms with E-state index in [0.717, 1.165) is 33.5 Å². The molecule has 0 unspecified atom stereocenters. The molecule has 0 spiro atoms. The summed E-state index contributed by atoms with van der Waals surface area (Å²) in [5.41, 5.74) is 7.53. The van der Waals surface area contributed by atoms with Gasteiger partial charge in [0.15, 0.2) is 0 Å². The topological polar surface area (TPSA) is 49.8 Å². The van der Waals surface area contributed by atoms with E-state index in [0.29, 0.717) is 24.0 Å². The standard InChI is InChI=1S/C28H26FN3O/c1-17-8-13-23(29)27-26(17)22(18(2)31-27)14-15-30-28(33)20-11-9-19(10-12-20)25-16-21-6-4-5-7-24(21)32(25)3/h4-13,16,31H,14-15H2,1-3H3,(H,30,33). The highest BCUT2D eigenvalue weighted by molar-refractivity contribution is 5.95. The van der Waals surface area contributed by atoms with Crippen molar-refractivity contribution >= 4 is 27.7 Å². The molecule has 5 aromatic rings. The average Bonchev–Trinajstić information content (AvgIpc) is 3.34. The Kier molecular flexibility index (Phi) is 5.25. The number of para-hydroxylation sites is 1. The Morgan fingerprint density at radius 1 is 1.03 bits per heavy atom. The predicted molar refractivity (Wildman–Crippen MR) is 132 cm³/mol. The predicted octanol–water partition coefficient (Wildman–Crippen LogP) is 6.06. The van der Waals surface area contributed by atoms with Gasteiger partial charge in [-0.05, 0) is 67.3 Å². The normalized spacial score (nSPS) is 11.4. The quantitative estimate of drug-likeness (QED) is 0.344. The van der Waals surface area contributed by atoms with Crippen molar-refractivity contribution in [3.05, 3.63) is 94.9 Å². The largest absolute Gasteiger partial charge is 0.356 e. The molecule has 0 saturated heterocycles. The molecule has 2 N–H and O–H groups in total. The number of benzene rings is 3. The number of nitrogens with zero attached hydrogens (tertiary/aromatic N) is 1. The second-order valence-corrected chi connectivity index (χ2v) is 8.57. The monoisotopic (exact) mass is 439 g/mol. The van der Waals surface area contributed by atoms with Gasteiger partial charge in [0.05, 0.1) is 5.52 Å². The van der Waals surface area contributed by atoms with Gasteiger partial charge in [0, 0.05) is 46.8 Å². The number of amides is 1. The fourth-order valence-electron chi connectivity index (χ4n) is 4.72. The van der Waals surface area contributed by atoms with Crippen molar-refractivity contribution in [2.24, 2.45) is 7.05 Å². The van der Waals surface area contributed by atoms with Crippen LogP contribution in [0.5, 0.6) is 0 Å². The van der Waals surface area contributed by atoms with Crippen LogP contribution in [0, 0.1) is 19.7 Å². The molecule has 0 radical (unpaired) electrons. The minimum Gasteiger partial charge on any atom is -0.356 e. The van der Waals surface area contributed by atoms with Crippen LogP contribution in [0.15, 0.2) is 66.7 Å². The van der Waals surface area contributed by atoms with E-state index >= 15 is 0 Å². The second kappa shape index (κ2) is 8.24. The highest BCUT2D eigenvalue weighted by atomic mass is 19.1. The number of nitrogens with one attached hydrogen (secondary N) is 2. The lowest BCUT2D eigenvalue weighted by atomic mass is 10.0. The number of hydrogen-bond donors (Lipinski definition) is 2. The van der Waals surface area contributed by atoms with E-state index in [-0.39, 0.29) is 11.7 Å². The smallest absolute Gasteiger partial charge is 0.251 e. The molecule has 2 heterocycles. The van der Waals surface area contributed by atoms with Crippen molar-refractivity contribution in [1.29, 1.82) is 0 Å². The highest BCUT2D eigenvalue weighted by Crippen LogP contribution is 2.29. The summed E-state index contributed by atoms with van der Waals surface area (Å²) in [7, 11) is 2.05. The van der Waals surface area contributed by atoms with Crippen LogP contribution in [-0.4, -0.2) is 22.0 Å². The molecule has 0 fully saturated rings. The zero-order valence-electron chi connectivity index (χ0n) is 19.0. The van der Waals surface area contributed by atoms with Crippen LogP contribution in [0.4, 0.5) is 4.39 Å². The SMILES string of the molecule is Cc1[nH]c2c(F)ccc(C)c2c1CCNC(=O)c1ccc(-c2cc3ccccc3n2C)cc1. The molecule has 0 bridgehead atoms. The minimum atomic E-state index is -0.250. The molecule has 0 aliphatic carbocycles. The van der Waals surface area contributed by atoms with E-state index in [1.54, 1.807) is 6.07 Å². The Morgan fingerprint density at radius 2 is 1.79 bits per heavy atom. The Morgan fingerprint density at radius 3 is 2.55 bits per heavy atom. The summed E-state index contributed by atoms with van der Waals surface area (Å²) in [5, 5.41) is 5.12. The molecule has 0 aliphatic heterocycles. The summed E-state index contributed by atoms with van der Waals surface area (Å²) in [6, 6.07) is 21.4. The maximum Gasteiger partial charge on any atom is 0.251 e. The Labute approximate surface area is 192 Å². The lowest BCUT2D eigenvalue weighted by Crippen LogP contribution is -2.25. The first kappa shape index (κ1) is 21.0. The molecule has 2 aromatic heterocycles. The molecule has 0 aliphatic rings. The van der Waals surface area contributed by atoms with Gasteiger partial charge in [-0.2, -0.15) is 0 Å². The summed E-state index contributed by atoms with van der Waals surface area (Å²) in [6.07, 6.45) is 0.635. The van der Waals surface area contributed by atoms with Crippen molar-refractivity contribution in [2.45, 2.75) is 20.3 Å². The van der Waals surface area contributed by atoms with Gasteiger partial charge in [0.1, 0.15) is 5.82 Å². The summed E-state index contributed by atoms with van der Waals surface area (Å²) >= 11 is 0. The van der Waals surface area contributed by atoms with Crippen molar-refractivity contribution in [1.82, 2.24) is 14.9 Å². The number of aromatic nitrogens is 2. The fourth-order valence-corrected chi connectivity index (χ4v) is 4.72. The molecule has 4 nitrogen and oxygen atoms in total. The fraction of sp³-hybridized carbons (Fsp3) is 0.179. The summed E-state index contributed by atoms with van der Waals surface area (Å²) < 4.78 is 16.3. The average molecular weight is 440 g/mol. The third-order valence-electron chi connectivity index (χ3n) is 6.48. The Balaban J connectivity index is 1.29. The van der Waals surface area contributed by atoms with Crippen molar-refractivity contribution < 1.29 is 9.18 Å².